The summed E-state index contributed by atoms with van der Waals surface area (Å²) in [5.74, 6) is -2.32. The summed E-state index contributed by atoms with van der Waals surface area (Å²) in [5, 5.41) is 0. The van der Waals surface area contributed by atoms with Crippen molar-refractivity contribution < 1.29 is 8.78 Å². The zero-order valence-electron chi connectivity index (χ0n) is 5.69. The Morgan fingerprint density at radius 2 is 2.20 bits per heavy atom. The molecule has 0 radical (unpaired) electrons. The van der Waals surface area contributed by atoms with Crippen molar-refractivity contribution in [2.75, 3.05) is 6.54 Å². The van der Waals surface area contributed by atoms with Crippen molar-refractivity contribution in [1.82, 2.24) is 0 Å². The van der Waals surface area contributed by atoms with Crippen LogP contribution >= 0.6 is 0 Å². The summed E-state index contributed by atoms with van der Waals surface area (Å²) in [4.78, 5) is 0. The molecule has 2 N–H and O–H groups in total. The van der Waals surface area contributed by atoms with Gasteiger partial charge in [0, 0.05) is 12.3 Å². The molecule has 3 heteroatoms. The van der Waals surface area contributed by atoms with Gasteiger partial charge in [0.15, 0.2) is 0 Å². The first-order chi connectivity index (χ1) is 4.67. The van der Waals surface area contributed by atoms with Crippen molar-refractivity contribution in [3.63, 3.8) is 0 Å². The summed E-state index contributed by atoms with van der Waals surface area (Å²) in [6.07, 6.45) is 0.790. The Labute approximate surface area is 58.6 Å². The molecule has 58 valence electrons. The van der Waals surface area contributed by atoms with Gasteiger partial charge >= 0.3 is 0 Å². The zero-order valence-corrected chi connectivity index (χ0v) is 5.69. The number of nitrogens with two attached hydrogens (primary N) is 1. The maximum Gasteiger partial charge on any atom is 0.251 e. The first-order valence-electron chi connectivity index (χ1n) is 3.74. The van der Waals surface area contributed by atoms with Gasteiger partial charge in [-0.1, -0.05) is 0 Å². The Balaban J connectivity index is 2.07. The monoisotopic (exact) mass is 147 g/mol. The molecule has 2 fully saturated rings. The molecule has 2 aliphatic carbocycles. The molecule has 0 aromatic rings. The second kappa shape index (κ2) is 1.70. The molecular weight excluding hydrogens is 136 g/mol. The smallest absolute Gasteiger partial charge is 0.251 e. The highest BCUT2D eigenvalue weighted by Crippen LogP contribution is 2.63. The van der Waals surface area contributed by atoms with Gasteiger partial charge in [-0.3, -0.25) is 0 Å². The van der Waals surface area contributed by atoms with E-state index >= 15 is 0 Å². The lowest BCUT2D eigenvalue weighted by molar-refractivity contribution is -0.0206. The Morgan fingerprint density at radius 3 is 2.50 bits per heavy atom. The molecular formula is C7H11F2N. The topological polar surface area (TPSA) is 26.0 Å². The Kier molecular flexibility index (Phi) is 1.11. The van der Waals surface area contributed by atoms with Gasteiger partial charge in [-0.05, 0) is 24.8 Å². The number of rotatable bonds is 1. The van der Waals surface area contributed by atoms with Crippen molar-refractivity contribution in [2.45, 2.75) is 18.8 Å². The molecule has 0 amide bonds. The van der Waals surface area contributed by atoms with Crippen molar-refractivity contribution in [3.8, 4) is 0 Å². The molecule has 0 aliphatic heterocycles. The van der Waals surface area contributed by atoms with Crippen LogP contribution in [0.4, 0.5) is 8.78 Å². The van der Waals surface area contributed by atoms with E-state index in [1.807, 2.05) is 0 Å². The normalized spacial score (nSPS) is 48.9. The van der Waals surface area contributed by atoms with Gasteiger partial charge in [-0.15, -0.1) is 0 Å². The fourth-order valence-corrected chi connectivity index (χ4v) is 2.31. The maximum absolute atomic E-state index is 12.8. The van der Waals surface area contributed by atoms with Gasteiger partial charge in [0.2, 0.25) is 0 Å². The molecule has 2 aliphatic rings. The van der Waals surface area contributed by atoms with E-state index < -0.39 is 5.92 Å². The molecule has 0 aromatic carbocycles. The van der Waals surface area contributed by atoms with E-state index in [0.29, 0.717) is 13.0 Å². The van der Waals surface area contributed by atoms with E-state index in [9.17, 15) is 8.78 Å². The molecule has 0 heterocycles. The Morgan fingerprint density at radius 1 is 1.50 bits per heavy atom. The Bertz CT molecular complexity index is 154. The van der Waals surface area contributed by atoms with E-state index in [4.69, 9.17) is 5.73 Å². The molecule has 3 atom stereocenters. The lowest BCUT2D eigenvalue weighted by Gasteiger charge is -2.11. The average molecular weight is 147 g/mol. The van der Waals surface area contributed by atoms with Crippen LogP contribution in [0.3, 0.4) is 0 Å². The van der Waals surface area contributed by atoms with Crippen LogP contribution in [-0.4, -0.2) is 12.5 Å². The number of hydrogen-bond acceptors (Lipinski definition) is 1. The van der Waals surface area contributed by atoms with E-state index in [1.54, 1.807) is 0 Å². The first kappa shape index (κ1) is 6.53. The van der Waals surface area contributed by atoms with E-state index in [1.165, 1.54) is 0 Å². The minimum Gasteiger partial charge on any atom is -0.330 e. The minimum absolute atomic E-state index is 0.0961. The number of halogens is 2. The molecule has 2 rings (SSSR count). The summed E-state index contributed by atoms with van der Waals surface area (Å²) < 4.78 is 25.5. The van der Waals surface area contributed by atoms with Crippen LogP contribution in [0.25, 0.3) is 0 Å². The van der Waals surface area contributed by atoms with Crippen molar-refractivity contribution in [3.05, 3.63) is 0 Å². The summed E-state index contributed by atoms with van der Waals surface area (Å²) in [5.41, 5.74) is 5.31. The predicted octanol–water partition coefficient (Wildman–Crippen LogP) is 1.24. The third-order valence-corrected chi connectivity index (χ3v) is 2.90. The van der Waals surface area contributed by atoms with Gasteiger partial charge in [0.25, 0.3) is 5.92 Å². The van der Waals surface area contributed by atoms with Crippen LogP contribution in [-0.2, 0) is 0 Å². The molecule has 2 saturated carbocycles. The molecule has 0 bridgehead atoms. The van der Waals surface area contributed by atoms with E-state index in [2.05, 4.69) is 0 Å². The van der Waals surface area contributed by atoms with Crippen molar-refractivity contribution >= 4 is 0 Å². The number of alkyl halides is 2. The Hall–Kier alpha value is -0.180. The fraction of sp³-hybridized carbons (Fsp3) is 1.00. The lowest BCUT2D eigenvalue weighted by atomic mass is 10.1. The summed E-state index contributed by atoms with van der Waals surface area (Å²) >= 11 is 0. The van der Waals surface area contributed by atoms with Crippen LogP contribution in [0.2, 0.25) is 0 Å². The van der Waals surface area contributed by atoms with Crippen LogP contribution < -0.4 is 5.73 Å². The van der Waals surface area contributed by atoms with Crippen molar-refractivity contribution in [1.29, 1.82) is 0 Å². The molecule has 10 heavy (non-hydrogen) atoms. The van der Waals surface area contributed by atoms with E-state index in [-0.39, 0.29) is 24.2 Å². The van der Waals surface area contributed by atoms with Crippen LogP contribution in [0.15, 0.2) is 0 Å². The van der Waals surface area contributed by atoms with Gasteiger partial charge in [0.1, 0.15) is 0 Å². The molecule has 0 spiro atoms. The standard InChI is InChI=1S/C7H11F2N/c8-7(9)2-1-4-5(3-10)6(4)7/h4-6H,1-3,10H2/t4-,5-,6-/m1/s1. The third kappa shape index (κ3) is 0.641. The second-order valence-corrected chi connectivity index (χ2v) is 3.39. The second-order valence-electron chi connectivity index (χ2n) is 3.39. The van der Waals surface area contributed by atoms with Crippen LogP contribution in [0.1, 0.15) is 12.8 Å². The van der Waals surface area contributed by atoms with Crippen LogP contribution in [0.5, 0.6) is 0 Å². The SMILES string of the molecule is NC[C@@H]1[C@H]2CCC(F)(F)[C@@H]12. The minimum atomic E-state index is -2.38. The van der Waals surface area contributed by atoms with Gasteiger partial charge in [0.05, 0.1) is 0 Å². The summed E-state index contributed by atoms with van der Waals surface area (Å²) in [6, 6.07) is 0. The average Bonchev–Trinajstić information content (AvgIpc) is 2.50. The molecule has 0 aromatic heterocycles. The lowest BCUT2D eigenvalue weighted by Crippen LogP contribution is -2.19. The van der Waals surface area contributed by atoms with E-state index in [0.717, 1.165) is 0 Å². The molecule has 0 saturated heterocycles. The predicted molar refractivity (Wildman–Crippen MR) is 33.7 cm³/mol. The highest BCUT2D eigenvalue weighted by atomic mass is 19.3. The largest absolute Gasteiger partial charge is 0.330 e. The quantitative estimate of drug-likeness (QED) is 0.593. The van der Waals surface area contributed by atoms with Crippen molar-refractivity contribution in [2.24, 2.45) is 23.5 Å². The highest BCUT2D eigenvalue weighted by molar-refractivity contribution is 5.09. The van der Waals surface area contributed by atoms with Gasteiger partial charge in [-0.2, -0.15) is 0 Å². The zero-order chi connectivity index (χ0) is 7.35. The highest BCUT2D eigenvalue weighted by Gasteiger charge is 2.66. The maximum atomic E-state index is 12.8. The molecule has 1 nitrogen and oxygen atoms in total. The van der Waals surface area contributed by atoms with Crippen LogP contribution in [0, 0.1) is 17.8 Å². The number of fused-ring (bicyclic) bond motifs is 1. The molecule has 0 unspecified atom stereocenters. The number of hydrogen-bond donors (Lipinski definition) is 1. The van der Waals surface area contributed by atoms with Gasteiger partial charge in [-0.25, -0.2) is 8.78 Å². The fourth-order valence-electron chi connectivity index (χ4n) is 2.31. The third-order valence-electron chi connectivity index (χ3n) is 2.90. The first-order valence-corrected chi connectivity index (χ1v) is 3.74. The summed E-state index contributed by atoms with van der Waals surface area (Å²) in [7, 11) is 0. The summed E-state index contributed by atoms with van der Waals surface area (Å²) in [6.45, 7) is 0.449. The van der Waals surface area contributed by atoms with Gasteiger partial charge < -0.3 is 5.73 Å².